The molecule has 7 heteroatoms. The van der Waals surface area contributed by atoms with Crippen molar-refractivity contribution >= 4 is 11.6 Å². The van der Waals surface area contributed by atoms with Crippen molar-refractivity contribution < 1.29 is 4.74 Å². The minimum Gasteiger partial charge on any atom is -0.378 e. The second-order valence-corrected chi connectivity index (χ2v) is 7.13. The molecule has 4 heterocycles. The van der Waals surface area contributed by atoms with Gasteiger partial charge in [0.2, 0.25) is 0 Å². The fraction of sp³-hybridized carbons (Fsp3) is 0.550. The molecule has 0 atom stereocenters. The Kier molecular flexibility index (Phi) is 5.79. The zero-order chi connectivity index (χ0) is 18.5. The molecule has 2 aromatic rings. The van der Waals surface area contributed by atoms with Crippen LogP contribution in [-0.4, -0.2) is 78.9 Å². The second kappa shape index (κ2) is 8.63. The van der Waals surface area contributed by atoms with Crippen molar-refractivity contribution in [3.63, 3.8) is 0 Å². The van der Waals surface area contributed by atoms with Gasteiger partial charge in [-0.3, -0.25) is 9.88 Å². The molecule has 0 aromatic carbocycles. The molecule has 0 bridgehead atoms. The Morgan fingerprint density at radius 1 is 0.926 bits per heavy atom. The van der Waals surface area contributed by atoms with Gasteiger partial charge in [0.1, 0.15) is 17.5 Å². The molecule has 0 unspecified atom stereocenters. The highest BCUT2D eigenvalue weighted by Crippen LogP contribution is 2.21. The van der Waals surface area contributed by atoms with Crippen LogP contribution in [0.3, 0.4) is 0 Å². The standard InChI is InChI=1S/C20H28N6O/c1-17-22-19(16-20(23-17)26-12-14-27-15-13-26)25-10-8-24(9-11-25)7-5-18-4-2-3-6-21-18/h2-4,6,16H,5,7-15H2,1H3. The lowest BCUT2D eigenvalue weighted by atomic mass is 10.2. The lowest BCUT2D eigenvalue weighted by Crippen LogP contribution is -2.47. The molecule has 0 spiro atoms. The van der Waals surface area contributed by atoms with E-state index in [0.29, 0.717) is 0 Å². The summed E-state index contributed by atoms with van der Waals surface area (Å²) < 4.78 is 5.46. The van der Waals surface area contributed by atoms with Gasteiger partial charge in [-0.05, 0) is 19.1 Å². The van der Waals surface area contributed by atoms with E-state index < -0.39 is 0 Å². The van der Waals surface area contributed by atoms with Gasteiger partial charge >= 0.3 is 0 Å². The zero-order valence-corrected chi connectivity index (χ0v) is 16.0. The Morgan fingerprint density at radius 2 is 1.63 bits per heavy atom. The average Bonchev–Trinajstić information content (AvgIpc) is 2.73. The first-order valence-corrected chi connectivity index (χ1v) is 9.83. The molecule has 0 aliphatic carbocycles. The van der Waals surface area contributed by atoms with E-state index >= 15 is 0 Å². The topological polar surface area (TPSA) is 57.6 Å². The number of aromatic nitrogens is 3. The molecular weight excluding hydrogens is 340 g/mol. The van der Waals surface area contributed by atoms with Gasteiger partial charge in [-0.25, -0.2) is 9.97 Å². The van der Waals surface area contributed by atoms with Crippen LogP contribution in [0.5, 0.6) is 0 Å². The van der Waals surface area contributed by atoms with Crippen LogP contribution in [0.2, 0.25) is 0 Å². The van der Waals surface area contributed by atoms with Gasteiger partial charge in [0, 0.05) is 70.2 Å². The summed E-state index contributed by atoms with van der Waals surface area (Å²) in [6.45, 7) is 10.5. The number of anilines is 2. The minimum absolute atomic E-state index is 0.771. The first-order chi connectivity index (χ1) is 13.3. The van der Waals surface area contributed by atoms with Crippen molar-refractivity contribution in [1.29, 1.82) is 0 Å². The highest BCUT2D eigenvalue weighted by molar-refractivity contribution is 5.51. The van der Waals surface area contributed by atoms with E-state index in [9.17, 15) is 0 Å². The number of nitrogens with zero attached hydrogens (tertiary/aromatic N) is 6. The molecule has 4 rings (SSSR count). The van der Waals surface area contributed by atoms with Crippen LogP contribution in [0.4, 0.5) is 11.6 Å². The highest BCUT2D eigenvalue weighted by Gasteiger charge is 2.20. The lowest BCUT2D eigenvalue weighted by molar-refractivity contribution is 0.122. The summed E-state index contributed by atoms with van der Waals surface area (Å²) in [7, 11) is 0. The van der Waals surface area contributed by atoms with Crippen molar-refractivity contribution in [3.05, 3.63) is 42.0 Å². The van der Waals surface area contributed by atoms with Crippen LogP contribution in [0.25, 0.3) is 0 Å². The van der Waals surface area contributed by atoms with E-state index in [2.05, 4.69) is 42.9 Å². The average molecular weight is 368 g/mol. The van der Waals surface area contributed by atoms with Crippen LogP contribution >= 0.6 is 0 Å². The van der Waals surface area contributed by atoms with E-state index in [0.717, 1.165) is 82.9 Å². The number of piperazine rings is 1. The molecule has 0 saturated carbocycles. The molecule has 0 amide bonds. The van der Waals surface area contributed by atoms with Crippen LogP contribution in [-0.2, 0) is 11.2 Å². The highest BCUT2D eigenvalue weighted by atomic mass is 16.5. The molecule has 144 valence electrons. The SMILES string of the molecule is Cc1nc(N2CCOCC2)cc(N2CCN(CCc3ccccn3)CC2)n1. The summed E-state index contributed by atoms with van der Waals surface area (Å²) in [6.07, 6.45) is 2.88. The summed E-state index contributed by atoms with van der Waals surface area (Å²) in [6, 6.07) is 8.27. The van der Waals surface area contributed by atoms with E-state index in [1.54, 1.807) is 0 Å². The smallest absolute Gasteiger partial charge is 0.134 e. The Morgan fingerprint density at radius 3 is 2.30 bits per heavy atom. The van der Waals surface area contributed by atoms with E-state index in [4.69, 9.17) is 9.72 Å². The fourth-order valence-corrected chi connectivity index (χ4v) is 3.67. The normalized spacial score (nSPS) is 18.7. The van der Waals surface area contributed by atoms with E-state index in [1.807, 2.05) is 19.2 Å². The Hall–Kier alpha value is -2.25. The second-order valence-electron chi connectivity index (χ2n) is 7.13. The molecule has 2 fully saturated rings. The monoisotopic (exact) mass is 368 g/mol. The Balaban J connectivity index is 1.34. The Labute approximate surface area is 161 Å². The van der Waals surface area contributed by atoms with Gasteiger partial charge < -0.3 is 14.5 Å². The number of morpholine rings is 1. The molecule has 27 heavy (non-hydrogen) atoms. The third kappa shape index (κ3) is 4.73. The molecular formula is C20H28N6O. The van der Waals surface area contributed by atoms with Crippen molar-refractivity contribution in [3.8, 4) is 0 Å². The minimum atomic E-state index is 0.771. The van der Waals surface area contributed by atoms with Gasteiger partial charge in [0.25, 0.3) is 0 Å². The molecule has 2 saturated heterocycles. The number of aryl methyl sites for hydroxylation is 1. The molecule has 7 nitrogen and oxygen atoms in total. The first kappa shape index (κ1) is 18.1. The maximum Gasteiger partial charge on any atom is 0.134 e. The van der Waals surface area contributed by atoms with Crippen LogP contribution in [0.1, 0.15) is 11.5 Å². The molecule has 2 aliphatic rings. The number of ether oxygens (including phenoxy) is 1. The van der Waals surface area contributed by atoms with Gasteiger partial charge in [-0.2, -0.15) is 0 Å². The summed E-state index contributed by atoms with van der Waals surface area (Å²) in [4.78, 5) is 21.0. The van der Waals surface area contributed by atoms with Gasteiger partial charge in [0.15, 0.2) is 0 Å². The maximum absolute atomic E-state index is 5.46. The first-order valence-electron chi connectivity index (χ1n) is 9.83. The van der Waals surface area contributed by atoms with Gasteiger partial charge in [-0.15, -0.1) is 0 Å². The predicted molar refractivity (Wildman–Crippen MR) is 106 cm³/mol. The zero-order valence-electron chi connectivity index (χ0n) is 16.0. The molecule has 2 aliphatic heterocycles. The predicted octanol–water partition coefficient (Wildman–Crippen LogP) is 1.38. The fourth-order valence-electron chi connectivity index (χ4n) is 3.67. The number of hydrogen-bond donors (Lipinski definition) is 0. The molecule has 2 aromatic heterocycles. The summed E-state index contributed by atoms with van der Waals surface area (Å²) in [5, 5.41) is 0. The van der Waals surface area contributed by atoms with E-state index in [-0.39, 0.29) is 0 Å². The number of hydrogen-bond acceptors (Lipinski definition) is 7. The van der Waals surface area contributed by atoms with Gasteiger partial charge in [-0.1, -0.05) is 6.07 Å². The summed E-state index contributed by atoms with van der Waals surface area (Å²) in [5.74, 6) is 2.92. The lowest BCUT2D eigenvalue weighted by Gasteiger charge is -2.36. The largest absolute Gasteiger partial charge is 0.378 e. The third-order valence-electron chi connectivity index (χ3n) is 5.25. The molecule has 0 radical (unpaired) electrons. The Bertz CT molecular complexity index is 727. The van der Waals surface area contributed by atoms with Crippen molar-refractivity contribution in [2.75, 3.05) is 68.8 Å². The van der Waals surface area contributed by atoms with E-state index in [1.165, 1.54) is 5.69 Å². The number of rotatable bonds is 5. The van der Waals surface area contributed by atoms with Crippen LogP contribution < -0.4 is 9.80 Å². The van der Waals surface area contributed by atoms with Crippen LogP contribution in [0, 0.1) is 6.92 Å². The molecule has 0 N–H and O–H groups in total. The van der Waals surface area contributed by atoms with Crippen LogP contribution in [0.15, 0.2) is 30.5 Å². The van der Waals surface area contributed by atoms with Crippen molar-refractivity contribution in [2.24, 2.45) is 0 Å². The summed E-state index contributed by atoms with van der Waals surface area (Å²) >= 11 is 0. The maximum atomic E-state index is 5.46. The number of pyridine rings is 1. The third-order valence-corrected chi connectivity index (χ3v) is 5.25. The van der Waals surface area contributed by atoms with Crippen molar-refractivity contribution in [2.45, 2.75) is 13.3 Å². The van der Waals surface area contributed by atoms with Crippen molar-refractivity contribution in [1.82, 2.24) is 19.9 Å². The van der Waals surface area contributed by atoms with Gasteiger partial charge in [0.05, 0.1) is 13.2 Å². The summed E-state index contributed by atoms with van der Waals surface area (Å²) in [5.41, 5.74) is 1.17. The quantitative estimate of drug-likeness (QED) is 0.790.